The standard InChI is InChI=1S/C18H28N2O2.ClH/c1-3-13-20(16-11-12-19-14-16)18(21)6-4-5-15-7-9-17(22-2)10-8-15;/h7-10,16,19H,3-6,11-14H2,1-2H3;1H. The van der Waals surface area contributed by atoms with Crippen molar-refractivity contribution in [3.05, 3.63) is 29.8 Å². The third-order valence-electron chi connectivity index (χ3n) is 4.28. The molecule has 0 radical (unpaired) electrons. The normalized spacial score (nSPS) is 16.7. The highest BCUT2D eigenvalue weighted by molar-refractivity contribution is 5.85. The summed E-state index contributed by atoms with van der Waals surface area (Å²) in [6.45, 7) is 5.00. The summed E-state index contributed by atoms with van der Waals surface area (Å²) in [4.78, 5) is 14.6. The summed E-state index contributed by atoms with van der Waals surface area (Å²) < 4.78 is 5.16. The van der Waals surface area contributed by atoms with Gasteiger partial charge in [-0.1, -0.05) is 19.1 Å². The Kier molecular flexibility index (Phi) is 9.03. The first kappa shape index (κ1) is 19.8. The second-order valence-corrected chi connectivity index (χ2v) is 5.94. The Morgan fingerprint density at radius 2 is 2.09 bits per heavy atom. The van der Waals surface area contributed by atoms with Gasteiger partial charge in [0.05, 0.1) is 7.11 Å². The van der Waals surface area contributed by atoms with E-state index >= 15 is 0 Å². The summed E-state index contributed by atoms with van der Waals surface area (Å²) in [6, 6.07) is 8.51. The lowest BCUT2D eigenvalue weighted by Crippen LogP contribution is -2.42. The van der Waals surface area contributed by atoms with E-state index in [0.717, 1.165) is 51.1 Å². The summed E-state index contributed by atoms with van der Waals surface area (Å²) in [5.41, 5.74) is 1.26. The molecule has 1 aromatic rings. The van der Waals surface area contributed by atoms with Crippen molar-refractivity contribution in [2.24, 2.45) is 0 Å². The van der Waals surface area contributed by atoms with Gasteiger partial charge in [-0.15, -0.1) is 12.4 Å². The molecule has 1 saturated heterocycles. The first-order chi connectivity index (χ1) is 10.7. The molecular weight excluding hydrogens is 312 g/mol. The number of carbonyl (C=O) groups is 1. The van der Waals surface area contributed by atoms with E-state index in [4.69, 9.17) is 4.74 Å². The Morgan fingerprint density at radius 3 is 2.65 bits per heavy atom. The van der Waals surface area contributed by atoms with Crippen molar-refractivity contribution in [2.75, 3.05) is 26.7 Å². The van der Waals surface area contributed by atoms with Gasteiger partial charge in [0, 0.05) is 25.6 Å². The smallest absolute Gasteiger partial charge is 0.222 e. The molecule has 4 nitrogen and oxygen atoms in total. The maximum atomic E-state index is 12.5. The summed E-state index contributed by atoms with van der Waals surface area (Å²) in [5, 5.41) is 3.35. The average Bonchev–Trinajstić information content (AvgIpc) is 3.07. The van der Waals surface area contributed by atoms with Gasteiger partial charge >= 0.3 is 0 Å². The molecular formula is C18H29ClN2O2. The summed E-state index contributed by atoms with van der Waals surface area (Å²) >= 11 is 0. The van der Waals surface area contributed by atoms with E-state index in [1.54, 1.807) is 7.11 Å². The quantitative estimate of drug-likeness (QED) is 0.790. The molecule has 0 spiro atoms. The Balaban J connectivity index is 0.00000264. The number of nitrogens with one attached hydrogen (secondary N) is 1. The number of nitrogens with zero attached hydrogens (tertiary/aromatic N) is 1. The summed E-state index contributed by atoms with van der Waals surface area (Å²) in [7, 11) is 1.67. The monoisotopic (exact) mass is 340 g/mol. The maximum absolute atomic E-state index is 12.5. The largest absolute Gasteiger partial charge is 0.497 e. The number of ether oxygens (including phenoxy) is 1. The van der Waals surface area contributed by atoms with Gasteiger partial charge in [-0.3, -0.25) is 4.79 Å². The molecule has 23 heavy (non-hydrogen) atoms. The number of hydrogen-bond acceptors (Lipinski definition) is 3. The van der Waals surface area contributed by atoms with Crippen molar-refractivity contribution in [2.45, 2.75) is 45.1 Å². The van der Waals surface area contributed by atoms with Crippen LogP contribution < -0.4 is 10.1 Å². The van der Waals surface area contributed by atoms with Crippen LogP contribution in [0.4, 0.5) is 0 Å². The number of methoxy groups -OCH3 is 1. The molecule has 1 amide bonds. The van der Waals surface area contributed by atoms with Crippen molar-refractivity contribution in [1.29, 1.82) is 0 Å². The van der Waals surface area contributed by atoms with Gasteiger partial charge in [0.25, 0.3) is 0 Å². The van der Waals surface area contributed by atoms with Crippen LogP contribution in [-0.4, -0.2) is 43.6 Å². The van der Waals surface area contributed by atoms with Crippen molar-refractivity contribution in [1.82, 2.24) is 10.2 Å². The maximum Gasteiger partial charge on any atom is 0.222 e. The molecule has 1 aromatic carbocycles. The van der Waals surface area contributed by atoms with E-state index in [2.05, 4.69) is 29.3 Å². The molecule has 0 saturated carbocycles. The topological polar surface area (TPSA) is 41.6 Å². The van der Waals surface area contributed by atoms with E-state index in [1.165, 1.54) is 5.56 Å². The molecule has 1 fully saturated rings. The van der Waals surface area contributed by atoms with Gasteiger partial charge in [0.1, 0.15) is 5.75 Å². The molecule has 1 N–H and O–H groups in total. The lowest BCUT2D eigenvalue weighted by molar-refractivity contribution is -0.133. The molecule has 130 valence electrons. The first-order valence-electron chi connectivity index (χ1n) is 8.37. The number of hydrogen-bond donors (Lipinski definition) is 1. The van der Waals surface area contributed by atoms with Crippen LogP contribution in [-0.2, 0) is 11.2 Å². The minimum atomic E-state index is 0. The molecule has 0 aromatic heterocycles. The van der Waals surface area contributed by atoms with Crippen LogP contribution >= 0.6 is 12.4 Å². The Bertz CT molecular complexity index is 459. The van der Waals surface area contributed by atoms with Gasteiger partial charge in [-0.2, -0.15) is 0 Å². The highest BCUT2D eigenvalue weighted by atomic mass is 35.5. The Hall–Kier alpha value is -1.26. The number of rotatable bonds is 8. The van der Waals surface area contributed by atoms with Crippen LogP contribution in [0, 0.1) is 0 Å². The van der Waals surface area contributed by atoms with Gasteiger partial charge in [0.2, 0.25) is 5.91 Å². The van der Waals surface area contributed by atoms with Crippen molar-refractivity contribution >= 4 is 18.3 Å². The number of halogens is 1. The molecule has 1 atom stereocenters. The third-order valence-corrected chi connectivity index (χ3v) is 4.28. The number of amides is 1. The number of aryl methyl sites for hydroxylation is 1. The van der Waals surface area contributed by atoms with Gasteiger partial charge in [-0.25, -0.2) is 0 Å². The lowest BCUT2D eigenvalue weighted by atomic mass is 10.1. The molecule has 1 aliphatic heterocycles. The van der Waals surface area contributed by atoms with E-state index in [-0.39, 0.29) is 12.4 Å². The molecule has 0 bridgehead atoms. The predicted molar refractivity (Wildman–Crippen MR) is 96.5 cm³/mol. The van der Waals surface area contributed by atoms with Crippen molar-refractivity contribution in [3.63, 3.8) is 0 Å². The molecule has 1 unspecified atom stereocenters. The minimum absolute atomic E-state index is 0. The van der Waals surface area contributed by atoms with Crippen LogP contribution in [0.1, 0.15) is 38.2 Å². The van der Waals surface area contributed by atoms with Crippen LogP contribution in [0.2, 0.25) is 0 Å². The lowest BCUT2D eigenvalue weighted by Gasteiger charge is -2.28. The fourth-order valence-corrected chi connectivity index (χ4v) is 3.04. The predicted octanol–water partition coefficient (Wildman–Crippen LogP) is 3.04. The number of benzene rings is 1. The van der Waals surface area contributed by atoms with E-state index in [0.29, 0.717) is 18.4 Å². The fourth-order valence-electron chi connectivity index (χ4n) is 3.04. The van der Waals surface area contributed by atoms with E-state index in [1.807, 2.05) is 12.1 Å². The summed E-state index contributed by atoms with van der Waals surface area (Å²) in [5.74, 6) is 1.19. The second kappa shape index (κ2) is 10.5. The molecule has 1 heterocycles. The van der Waals surface area contributed by atoms with E-state index < -0.39 is 0 Å². The van der Waals surface area contributed by atoms with Crippen LogP contribution in [0.15, 0.2) is 24.3 Å². The van der Waals surface area contributed by atoms with Crippen LogP contribution in [0.5, 0.6) is 5.75 Å². The number of carbonyl (C=O) groups excluding carboxylic acids is 1. The molecule has 1 aliphatic rings. The third kappa shape index (κ3) is 6.04. The molecule has 2 rings (SSSR count). The van der Waals surface area contributed by atoms with Crippen LogP contribution in [0.3, 0.4) is 0 Å². The fraction of sp³-hybridized carbons (Fsp3) is 0.611. The summed E-state index contributed by atoms with van der Waals surface area (Å²) in [6.07, 6.45) is 4.61. The highest BCUT2D eigenvalue weighted by Gasteiger charge is 2.25. The Morgan fingerprint density at radius 1 is 1.35 bits per heavy atom. The zero-order valence-electron chi connectivity index (χ0n) is 14.2. The van der Waals surface area contributed by atoms with Crippen LogP contribution in [0.25, 0.3) is 0 Å². The van der Waals surface area contributed by atoms with Crippen molar-refractivity contribution in [3.8, 4) is 5.75 Å². The SMILES string of the molecule is CCCN(C(=O)CCCc1ccc(OC)cc1)C1CCNC1.Cl. The van der Waals surface area contributed by atoms with Gasteiger partial charge < -0.3 is 15.0 Å². The first-order valence-corrected chi connectivity index (χ1v) is 8.37. The van der Waals surface area contributed by atoms with Crippen molar-refractivity contribution < 1.29 is 9.53 Å². The molecule has 0 aliphatic carbocycles. The Labute approximate surface area is 146 Å². The van der Waals surface area contributed by atoms with E-state index in [9.17, 15) is 4.79 Å². The van der Waals surface area contributed by atoms with Gasteiger partial charge in [-0.05, 0) is 49.9 Å². The minimum Gasteiger partial charge on any atom is -0.497 e. The van der Waals surface area contributed by atoms with Gasteiger partial charge in [0.15, 0.2) is 0 Å². The molecule has 5 heteroatoms. The zero-order chi connectivity index (χ0) is 15.8. The second-order valence-electron chi connectivity index (χ2n) is 5.94. The zero-order valence-corrected chi connectivity index (χ0v) is 15.0. The average molecular weight is 341 g/mol. The highest BCUT2D eigenvalue weighted by Crippen LogP contribution is 2.15.